The van der Waals surface area contributed by atoms with Gasteiger partial charge in [-0.15, -0.1) is 0 Å². The summed E-state index contributed by atoms with van der Waals surface area (Å²) in [5.74, 6) is 0.172. The number of hydrogen-bond acceptors (Lipinski definition) is 5. The number of hydrogen-bond donors (Lipinski definition) is 1. The first-order valence-electron chi connectivity index (χ1n) is 9.17. The molecule has 0 saturated carbocycles. The fraction of sp³-hybridized carbons (Fsp3) is 0.136. The highest BCUT2D eigenvalue weighted by atomic mass is 32.3. The predicted molar refractivity (Wildman–Crippen MR) is 110 cm³/mol. The number of amides is 1. The molecule has 0 atom stereocenters. The highest BCUT2D eigenvalue weighted by Gasteiger charge is 2.09. The molecule has 30 heavy (non-hydrogen) atoms. The summed E-state index contributed by atoms with van der Waals surface area (Å²) in [7, 11) is -5.05. The first kappa shape index (κ1) is 21.3. The molecule has 0 radical (unpaired) electrons. The van der Waals surface area contributed by atoms with E-state index in [0.717, 1.165) is 17.5 Å². The van der Waals surface area contributed by atoms with E-state index in [1.165, 1.54) is 24.3 Å². The molecule has 0 bridgehead atoms. The zero-order valence-corrected chi connectivity index (χ0v) is 16.8. The molecule has 0 aliphatic heterocycles. The van der Waals surface area contributed by atoms with Gasteiger partial charge in [-0.25, -0.2) is 0 Å². The van der Waals surface area contributed by atoms with Crippen LogP contribution in [0.1, 0.15) is 21.5 Å². The lowest BCUT2D eigenvalue weighted by Gasteiger charge is -2.09. The second-order valence-corrected chi connectivity index (χ2v) is 7.38. The van der Waals surface area contributed by atoms with Crippen LogP contribution < -0.4 is 14.2 Å². The number of carbonyl (C=O) groups excluding carboxylic acids is 1. The summed E-state index contributed by atoms with van der Waals surface area (Å²) in [6, 6.07) is 22.5. The second-order valence-electron chi connectivity index (χ2n) is 6.42. The van der Waals surface area contributed by atoms with E-state index in [9.17, 15) is 17.1 Å². The van der Waals surface area contributed by atoms with Crippen LogP contribution >= 0.6 is 0 Å². The molecule has 0 aromatic heterocycles. The van der Waals surface area contributed by atoms with Crippen LogP contribution in [-0.4, -0.2) is 20.9 Å². The molecule has 0 saturated heterocycles. The monoisotopic (exact) mass is 429 g/mol. The minimum absolute atomic E-state index is 0.142. The lowest BCUT2D eigenvalue weighted by Crippen LogP contribution is -2.25. The maximum atomic E-state index is 12.5. The third-order valence-electron chi connectivity index (χ3n) is 4.18. The molecule has 0 heterocycles. The van der Waals surface area contributed by atoms with Crippen molar-refractivity contribution in [2.24, 2.45) is 0 Å². The van der Waals surface area contributed by atoms with Crippen LogP contribution in [0.2, 0.25) is 0 Å². The minimum Gasteiger partial charge on any atom is -0.489 e. The minimum atomic E-state index is -5.05. The van der Waals surface area contributed by atoms with Gasteiger partial charge < -0.3 is 14.2 Å². The quantitative estimate of drug-likeness (QED) is 0.523. The summed E-state index contributed by atoms with van der Waals surface area (Å²) in [6.45, 7) is 0.800. The Morgan fingerprint density at radius 2 is 1.47 bits per heavy atom. The summed E-state index contributed by atoms with van der Waals surface area (Å²) in [4.78, 5) is 12.2. The number of benzene rings is 3. The van der Waals surface area contributed by atoms with Crippen molar-refractivity contribution in [2.45, 2.75) is 13.0 Å². The lowest BCUT2D eigenvalue weighted by atomic mass is 10.1. The maximum Gasteiger partial charge on any atom is 0.488 e. The Bertz CT molecular complexity index is 1070. The Hall–Kier alpha value is -3.39. The molecule has 3 aromatic carbocycles. The van der Waals surface area contributed by atoms with Gasteiger partial charge in [0.2, 0.25) is 0 Å². The summed E-state index contributed by atoms with van der Waals surface area (Å²) < 4.78 is 43.1. The van der Waals surface area contributed by atoms with Gasteiger partial charge in [-0.3, -0.25) is 4.79 Å². The largest absolute Gasteiger partial charge is 0.489 e. The normalized spacial score (nSPS) is 11.0. The van der Waals surface area contributed by atoms with Crippen LogP contribution in [0.4, 0.5) is 3.89 Å². The van der Waals surface area contributed by atoms with Crippen molar-refractivity contribution in [2.75, 3.05) is 6.54 Å². The Balaban J connectivity index is 1.46. The van der Waals surface area contributed by atoms with Crippen LogP contribution in [0.25, 0.3) is 0 Å². The van der Waals surface area contributed by atoms with Crippen molar-refractivity contribution in [1.29, 1.82) is 0 Å². The van der Waals surface area contributed by atoms with E-state index in [2.05, 4.69) is 9.50 Å². The van der Waals surface area contributed by atoms with E-state index in [4.69, 9.17) is 4.74 Å². The molecule has 0 unspecified atom stereocenters. The Labute approximate surface area is 174 Å². The van der Waals surface area contributed by atoms with Crippen LogP contribution in [0.3, 0.4) is 0 Å². The van der Waals surface area contributed by atoms with Gasteiger partial charge in [0.15, 0.2) is 0 Å². The van der Waals surface area contributed by atoms with Gasteiger partial charge in [-0.1, -0.05) is 46.4 Å². The molecule has 3 aromatic rings. The second kappa shape index (κ2) is 9.89. The molecular formula is C22H20FNO5S. The zero-order chi connectivity index (χ0) is 21.4. The topological polar surface area (TPSA) is 81.7 Å². The molecule has 1 amide bonds. The first-order chi connectivity index (χ1) is 14.4. The van der Waals surface area contributed by atoms with Crippen LogP contribution in [0.15, 0.2) is 78.9 Å². The van der Waals surface area contributed by atoms with E-state index < -0.39 is 10.5 Å². The van der Waals surface area contributed by atoms with Crippen molar-refractivity contribution in [3.63, 3.8) is 0 Å². The molecule has 0 spiro atoms. The number of carbonyl (C=O) groups is 1. The summed E-state index contributed by atoms with van der Waals surface area (Å²) >= 11 is 0. The SMILES string of the molecule is O=C(NCCc1ccccc1)c1ccc(COc2ccc(OS(=O)(=O)F)cc2)cc1. The van der Waals surface area contributed by atoms with Gasteiger partial charge in [-0.05, 0) is 53.9 Å². The van der Waals surface area contributed by atoms with Gasteiger partial charge in [-0.2, -0.15) is 8.42 Å². The average molecular weight is 429 g/mol. The third-order valence-corrected chi connectivity index (χ3v) is 4.57. The lowest BCUT2D eigenvalue weighted by molar-refractivity contribution is 0.0954. The molecule has 0 aliphatic carbocycles. The van der Waals surface area contributed by atoms with Crippen molar-refractivity contribution in [3.05, 3.63) is 95.6 Å². The van der Waals surface area contributed by atoms with E-state index >= 15 is 0 Å². The Morgan fingerprint density at radius 3 is 2.10 bits per heavy atom. The average Bonchev–Trinajstić information content (AvgIpc) is 2.73. The van der Waals surface area contributed by atoms with Crippen molar-refractivity contribution >= 4 is 16.4 Å². The van der Waals surface area contributed by atoms with E-state index in [0.29, 0.717) is 17.9 Å². The molecule has 8 heteroatoms. The molecule has 6 nitrogen and oxygen atoms in total. The molecule has 3 rings (SSSR count). The van der Waals surface area contributed by atoms with Gasteiger partial charge >= 0.3 is 10.5 Å². The number of rotatable bonds is 9. The van der Waals surface area contributed by atoms with Crippen LogP contribution in [0.5, 0.6) is 11.5 Å². The highest BCUT2D eigenvalue weighted by Crippen LogP contribution is 2.20. The molecule has 0 fully saturated rings. The van der Waals surface area contributed by atoms with Crippen molar-refractivity contribution in [1.82, 2.24) is 5.32 Å². The van der Waals surface area contributed by atoms with E-state index in [1.54, 1.807) is 24.3 Å². The number of ether oxygens (including phenoxy) is 1. The van der Waals surface area contributed by atoms with Gasteiger partial charge in [0.05, 0.1) is 0 Å². The fourth-order valence-corrected chi connectivity index (χ4v) is 3.03. The summed E-state index contributed by atoms with van der Waals surface area (Å²) in [6.07, 6.45) is 0.763. The zero-order valence-electron chi connectivity index (χ0n) is 16.0. The first-order valence-corrected chi connectivity index (χ1v) is 10.5. The van der Waals surface area contributed by atoms with Crippen molar-refractivity contribution in [3.8, 4) is 11.5 Å². The van der Waals surface area contributed by atoms with E-state index in [1.807, 2.05) is 30.3 Å². The molecule has 156 valence electrons. The molecule has 0 aliphatic rings. The number of halogens is 1. The predicted octanol–water partition coefficient (Wildman–Crippen LogP) is 3.83. The Kier molecular flexibility index (Phi) is 7.03. The smallest absolute Gasteiger partial charge is 0.488 e. The van der Waals surface area contributed by atoms with Crippen LogP contribution in [-0.2, 0) is 23.5 Å². The van der Waals surface area contributed by atoms with Gasteiger partial charge in [0, 0.05) is 12.1 Å². The number of nitrogens with one attached hydrogen (secondary N) is 1. The van der Waals surface area contributed by atoms with Gasteiger partial charge in [0.1, 0.15) is 18.1 Å². The fourth-order valence-electron chi connectivity index (χ4n) is 2.69. The molecular weight excluding hydrogens is 409 g/mol. The maximum absolute atomic E-state index is 12.5. The third kappa shape index (κ3) is 6.89. The molecule has 1 N–H and O–H groups in total. The van der Waals surface area contributed by atoms with E-state index in [-0.39, 0.29) is 18.3 Å². The summed E-state index contributed by atoms with van der Waals surface area (Å²) in [5.41, 5.74) is 2.57. The standard InChI is InChI=1S/C22H20FNO5S/c23-30(26,27)29-21-12-10-20(11-13-21)28-16-18-6-8-19(9-7-18)22(25)24-15-14-17-4-2-1-3-5-17/h1-13H,14-16H2,(H,24,25). The highest BCUT2D eigenvalue weighted by molar-refractivity contribution is 7.81. The Morgan fingerprint density at radius 1 is 0.833 bits per heavy atom. The van der Waals surface area contributed by atoms with Crippen LogP contribution in [0, 0.1) is 0 Å². The summed E-state index contributed by atoms with van der Waals surface area (Å²) in [5, 5.41) is 2.89. The van der Waals surface area contributed by atoms with Gasteiger partial charge in [0.25, 0.3) is 5.91 Å². The van der Waals surface area contributed by atoms with Crippen molar-refractivity contribution < 1.29 is 26.0 Å².